The van der Waals surface area contributed by atoms with Crippen molar-refractivity contribution in [1.29, 1.82) is 0 Å². The summed E-state index contributed by atoms with van der Waals surface area (Å²) in [7, 11) is 0. The molecule has 0 fully saturated rings. The summed E-state index contributed by atoms with van der Waals surface area (Å²) in [5, 5.41) is 0. The Morgan fingerprint density at radius 2 is 2.27 bits per heavy atom. The Labute approximate surface area is 76.0 Å². The van der Waals surface area contributed by atoms with E-state index in [1.165, 1.54) is 5.56 Å². The highest BCUT2D eigenvalue weighted by Gasteiger charge is 1.97. The van der Waals surface area contributed by atoms with Crippen LogP contribution in [0.5, 0.6) is 0 Å². The highest BCUT2D eigenvalue weighted by atomic mass is 79.9. The molecule has 0 amide bonds. The van der Waals surface area contributed by atoms with Crippen molar-refractivity contribution in [3.8, 4) is 0 Å². The summed E-state index contributed by atoms with van der Waals surface area (Å²) in [6.07, 6.45) is 2.99. The Morgan fingerprint density at radius 3 is 2.73 bits per heavy atom. The summed E-state index contributed by atoms with van der Waals surface area (Å²) in [5.74, 6) is 0. The van der Waals surface area contributed by atoms with E-state index in [1.807, 2.05) is 19.2 Å². The van der Waals surface area contributed by atoms with Gasteiger partial charge >= 0.3 is 0 Å². The maximum Gasteiger partial charge on any atom is 0.0372 e. The van der Waals surface area contributed by atoms with E-state index >= 15 is 0 Å². The zero-order valence-electron chi connectivity index (χ0n) is 6.84. The number of halogens is 1. The molecule has 0 aliphatic heterocycles. The molecule has 11 heavy (non-hydrogen) atoms. The molecule has 0 aliphatic rings. The van der Waals surface area contributed by atoms with Crippen LogP contribution in [0.4, 0.5) is 0 Å². The van der Waals surface area contributed by atoms with Crippen LogP contribution in [0, 0.1) is 6.92 Å². The second-order valence-corrected chi connectivity index (χ2v) is 4.36. The van der Waals surface area contributed by atoms with Gasteiger partial charge in [-0.25, -0.2) is 0 Å². The third-order valence-electron chi connectivity index (χ3n) is 1.49. The van der Waals surface area contributed by atoms with Crippen molar-refractivity contribution in [2.24, 2.45) is 0 Å². The molecule has 0 saturated carbocycles. The van der Waals surface area contributed by atoms with Gasteiger partial charge in [-0.3, -0.25) is 4.98 Å². The minimum Gasteiger partial charge on any atom is -0.261 e. The van der Waals surface area contributed by atoms with Gasteiger partial charge in [-0.2, -0.15) is 0 Å². The summed E-state index contributed by atoms with van der Waals surface area (Å²) in [5.41, 5.74) is 2.37. The fourth-order valence-corrected chi connectivity index (χ4v) is 1.32. The Morgan fingerprint density at radius 1 is 1.55 bits per heavy atom. The van der Waals surface area contributed by atoms with Gasteiger partial charge in [-0.05, 0) is 25.0 Å². The molecule has 2 heteroatoms. The largest absolute Gasteiger partial charge is 0.261 e. The van der Waals surface area contributed by atoms with E-state index in [-0.39, 0.29) is 0 Å². The van der Waals surface area contributed by atoms with Crippen LogP contribution < -0.4 is 0 Å². The predicted molar refractivity (Wildman–Crippen MR) is 51.1 cm³/mol. The molecule has 0 aliphatic carbocycles. The highest BCUT2D eigenvalue weighted by molar-refractivity contribution is 9.09. The van der Waals surface area contributed by atoms with Crippen LogP contribution in [-0.2, 0) is 6.42 Å². The summed E-state index contributed by atoms with van der Waals surface area (Å²) in [6.45, 7) is 4.14. The van der Waals surface area contributed by atoms with Crippen molar-refractivity contribution in [2.45, 2.75) is 25.1 Å². The number of hydrogen-bond donors (Lipinski definition) is 0. The van der Waals surface area contributed by atoms with Crippen molar-refractivity contribution in [1.82, 2.24) is 4.98 Å². The number of aryl methyl sites for hydroxylation is 1. The van der Waals surface area contributed by atoms with Crippen molar-refractivity contribution in [2.75, 3.05) is 0 Å². The Hall–Kier alpha value is -0.370. The van der Waals surface area contributed by atoms with E-state index in [4.69, 9.17) is 0 Å². The molecule has 1 nitrogen and oxygen atoms in total. The van der Waals surface area contributed by atoms with Crippen LogP contribution in [0.15, 0.2) is 18.3 Å². The molecule has 1 rings (SSSR count). The average Bonchev–Trinajstić information content (AvgIpc) is 1.93. The molecule has 1 aromatic rings. The smallest absolute Gasteiger partial charge is 0.0372 e. The number of rotatable bonds is 2. The lowest BCUT2D eigenvalue weighted by atomic mass is 10.2. The van der Waals surface area contributed by atoms with Gasteiger partial charge in [-0.15, -0.1) is 0 Å². The average molecular weight is 214 g/mol. The van der Waals surface area contributed by atoms with Crippen molar-refractivity contribution in [3.63, 3.8) is 0 Å². The zero-order valence-corrected chi connectivity index (χ0v) is 8.43. The molecular formula is C9H12BrN. The normalized spacial score (nSPS) is 13.0. The van der Waals surface area contributed by atoms with Gasteiger partial charge in [0.1, 0.15) is 0 Å². The maximum atomic E-state index is 4.21. The third-order valence-corrected chi connectivity index (χ3v) is 1.81. The number of pyridine rings is 1. The van der Waals surface area contributed by atoms with Gasteiger partial charge in [0.05, 0.1) is 0 Å². The number of hydrogen-bond acceptors (Lipinski definition) is 1. The first-order chi connectivity index (χ1) is 5.18. The van der Waals surface area contributed by atoms with Crippen LogP contribution in [0.1, 0.15) is 18.2 Å². The third kappa shape index (κ3) is 3.02. The molecular weight excluding hydrogens is 202 g/mol. The molecule has 1 unspecified atom stereocenters. The zero-order chi connectivity index (χ0) is 8.27. The molecule has 0 radical (unpaired) electrons. The van der Waals surface area contributed by atoms with E-state index in [0.29, 0.717) is 4.83 Å². The summed E-state index contributed by atoms with van der Waals surface area (Å²) in [4.78, 5) is 4.75. The molecule has 0 aromatic carbocycles. The summed E-state index contributed by atoms with van der Waals surface area (Å²) >= 11 is 3.50. The summed E-state index contributed by atoms with van der Waals surface area (Å²) in [6, 6.07) is 4.17. The topological polar surface area (TPSA) is 12.9 Å². The second kappa shape index (κ2) is 3.86. The van der Waals surface area contributed by atoms with E-state index < -0.39 is 0 Å². The number of alkyl halides is 1. The monoisotopic (exact) mass is 213 g/mol. The lowest BCUT2D eigenvalue weighted by molar-refractivity contribution is 0.945. The van der Waals surface area contributed by atoms with Crippen molar-refractivity contribution >= 4 is 15.9 Å². The highest BCUT2D eigenvalue weighted by Crippen LogP contribution is 2.08. The van der Waals surface area contributed by atoms with Crippen LogP contribution in [0.3, 0.4) is 0 Å². The van der Waals surface area contributed by atoms with E-state index in [9.17, 15) is 0 Å². The van der Waals surface area contributed by atoms with Crippen LogP contribution in [-0.4, -0.2) is 9.81 Å². The Bertz CT molecular complexity index is 216. The molecule has 0 spiro atoms. The van der Waals surface area contributed by atoms with Gasteiger partial charge < -0.3 is 0 Å². The molecule has 0 N–H and O–H groups in total. The minimum absolute atomic E-state index is 0.534. The van der Waals surface area contributed by atoms with Crippen LogP contribution in [0.25, 0.3) is 0 Å². The lowest BCUT2D eigenvalue weighted by Crippen LogP contribution is -1.96. The second-order valence-electron chi connectivity index (χ2n) is 2.79. The van der Waals surface area contributed by atoms with Gasteiger partial charge in [0.15, 0.2) is 0 Å². The van der Waals surface area contributed by atoms with Crippen molar-refractivity contribution < 1.29 is 0 Å². The fraction of sp³-hybridized carbons (Fsp3) is 0.444. The lowest BCUT2D eigenvalue weighted by Gasteiger charge is -2.02. The molecule has 60 valence electrons. The van der Waals surface area contributed by atoms with Crippen molar-refractivity contribution in [3.05, 3.63) is 29.6 Å². The molecule has 1 aromatic heterocycles. The summed E-state index contributed by atoms with van der Waals surface area (Å²) < 4.78 is 0. The molecule has 0 bridgehead atoms. The first kappa shape index (κ1) is 8.72. The SMILES string of the molecule is Cc1ccc(CC(C)Br)cn1. The van der Waals surface area contributed by atoms with Gasteiger partial charge in [0, 0.05) is 16.7 Å². The van der Waals surface area contributed by atoms with Gasteiger partial charge in [0.2, 0.25) is 0 Å². The number of aromatic nitrogens is 1. The van der Waals surface area contributed by atoms with E-state index in [0.717, 1.165) is 12.1 Å². The van der Waals surface area contributed by atoms with E-state index in [2.05, 4.69) is 33.9 Å². The standard InChI is InChI=1S/C9H12BrN/c1-7(10)5-9-4-3-8(2)11-6-9/h3-4,6-7H,5H2,1-2H3. The quantitative estimate of drug-likeness (QED) is 0.689. The fourth-order valence-electron chi connectivity index (χ4n) is 0.944. The Balaban J connectivity index is 2.66. The van der Waals surface area contributed by atoms with Crippen LogP contribution in [0.2, 0.25) is 0 Å². The van der Waals surface area contributed by atoms with Crippen LogP contribution >= 0.6 is 15.9 Å². The first-order valence-corrected chi connectivity index (χ1v) is 4.65. The molecule has 1 atom stereocenters. The molecule has 1 heterocycles. The number of nitrogens with zero attached hydrogens (tertiary/aromatic N) is 1. The van der Waals surface area contributed by atoms with E-state index in [1.54, 1.807) is 0 Å². The van der Waals surface area contributed by atoms with Gasteiger partial charge in [-0.1, -0.05) is 28.9 Å². The molecule has 0 saturated heterocycles. The predicted octanol–water partition coefficient (Wildman–Crippen LogP) is 2.72. The maximum absolute atomic E-state index is 4.21. The van der Waals surface area contributed by atoms with Gasteiger partial charge in [0.25, 0.3) is 0 Å². The Kier molecular flexibility index (Phi) is 3.06. The minimum atomic E-state index is 0.534. The first-order valence-electron chi connectivity index (χ1n) is 3.74.